The number of rotatable bonds is 3. The van der Waals surface area contributed by atoms with Crippen LogP contribution < -0.4 is 5.32 Å². The predicted octanol–water partition coefficient (Wildman–Crippen LogP) is 5.53. The number of fused-ring (bicyclic) bond motifs is 1. The number of nitrogens with zero attached hydrogens (tertiary/aromatic N) is 1. The van der Waals surface area contributed by atoms with Crippen molar-refractivity contribution in [3.05, 3.63) is 81.8 Å². The van der Waals surface area contributed by atoms with E-state index in [4.69, 9.17) is 23.2 Å². The third-order valence-corrected chi connectivity index (χ3v) is 5.94. The summed E-state index contributed by atoms with van der Waals surface area (Å²) in [5, 5.41) is 7.27. The molecule has 2 nitrogen and oxygen atoms in total. The molecule has 0 saturated carbocycles. The third-order valence-electron chi connectivity index (χ3n) is 5.11. The van der Waals surface area contributed by atoms with E-state index in [9.17, 15) is 0 Å². The van der Waals surface area contributed by atoms with Crippen LogP contribution in [0.15, 0.2) is 60.7 Å². The van der Waals surface area contributed by atoms with Crippen LogP contribution in [-0.4, -0.2) is 31.1 Å². The Kier molecular flexibility index (Phi) is 5.46. The molecule has 0 amide bonds. The van der Waals surface area contributed by atoms with Gasteiger partial charge in [0.25, 0.3) is 0 Å². The van der Waals surface area contributed by atoms with Crippen molar-refractivity contribution in [3.8, 4) is 0 Å². The monoisotopic (exact) mass is 384 g/mol. The SMILES string of the molecule is Clc1cccc(C(c2ccc3ccccc3c2)N2CCCNCC2)c1Cl. The molecule has 0 radical (unpaired) electrons. The first-order valence-electron chi connectivity index (χ1n) is 9.11. The van der Waals surface area contributed by atoms with Crippen LogP contribution in [0.1, 0.15) is 23.6 Å². The molecule has 134 valence electrons. The van der Waals surface area contributed by atoms with Crippen LogP contribution >= 0.6 is 23.2 Å². The van der Waals surface area contributed by atoms with E-state index in [-0.39, 0.29) is 6.04 Å². The second-order valence-corrected chi connectivity index (χ2v) is 7.58. The highest BCUT2D eigenvalue weighted by Crippen LogP contribution is 2.37. The Morgan fingerprint density at radius 1 is 0.846 bits per heavy atom. The van der Waals surface area contributed by atoms with Crippen molar-refractivity contribution in [3.63, 3.8) is 0 Å². The largest absolute Gasteiger partial charge is 0.315 e. The van der Waals surface area contributed by atoms with Gasteiger partial charge in [-0.1, -0.05) is 71.7 Å². The van der Waals surface area contributed by atoms with Crippen LogP contribution in [0.3, 0.4) is 0 Å². The number of hydrogen-bond acceptors (Lipinski definition) is 2. The quantitative estimate of drug-likeness (QED) is 0.638. The highest BCUT2D eigenvalue weighted by Gasteiger charge is 2.26. The van der Waals surface area contributed by atoms with E-state index in [0.717, 1.165) is 38.2 Å². The molecule has 4 rings (SSSR count). The summed E-state index contributed by atoms with van der Waals surface area (Å²) < 4.78 is 0. The van der Waals surface area contributed by atoms with Gasteiger partial charge in [-0.05, 0) is 47.0 Å². The minimum Gasteiger partial charge on any atom is -0.315 e. The van der Waals surface area contributed by atoms with Crippen molar-refractivity contribution < 1.29 is 0 Å². The molecular weight excluding hydrogens is 363 g/mol. The second-order valence-electron chi connectivity index (χ2n) is 6.79. The lowest BCUT2D eigenvalue weighted by atomic mass is 9.94. The molecule has 1 aliphatic rings. The molecule has 1 unspecified atom stereocenters. The number of nitrogens with one attached hydrogen (secondary N) is 1. The zero-order valence-corrected chi connectivity index (χ0v) is 16.1. The maximum atomic E-state index is 6.64. The van der Waals surface area contributed by atoms with E-state index in [2.05, 4.69) is 58.7 Å². The van der Waals surface area contributed by atoms with Crippen LogP contribution in [0.4, 0.5) is 0 Å². The fourth-order valence-corrected chi connectivity index (χ4v) is 4.23. The van der Waals surface area contributed by atoms with Crippen LogP contribution in [0.25, 0.3) is 10.8 Å². The van der Waals surface area contributed by atoms with Crippen LogP contribution in [0.2, 0.25) is 10.0 Å². The van der Waals surface area contributed by atoms with Crippen molar-refractivity contribution in [2.45, 2.75) is 12.5 Å². The highest BCUT2D eigenvalue weighted by molar-refractivity contribution is 6.42. The Morgan fingerprint density at radius 3 is 2.58 bits per heavy atom. The van der Waals surface area contributed by atoms with Crippen molar-refractivity contribution in [1.29, 1.82) is 0 Å². The number of hydrogen-bond donors (Lipinski definition) is 1. The molecule has 0 aliphatic carbocycles. The van der Waals surface area contributed by atoms with E-state index >= 15 is 0 Å². The first-order valence-corrected chi connectivity index (χ1v) is 9.87. The van der Waals surface area contributed by atoms with Crippen molar-refractivity contribution >= 4 is 34.0 Å². The standard InChI is InChI=1S/C22H22Cl2N2/c23-20-8-3-7-19(21(20)24)22(26-13-4-11-25-12-14-26)18-10-9-16-5-1-2-6-17(16)15-18/h1-3,5-10,15,22,25H,4,11-14H2. The van der Waals surface area contributed by atoms with Gasteiger partial charge in [-0.25, -0.2) is 0 Å². The molecule has 1 atom stereocenters. The first kappa shape index (κ1) is 17.8. The second kappa shape index (κ2) is 7.98. The fraction of sp³-hybridized carbons (Fsp3) is 0.273. The summed E-state index contributed by atoms with van der Waals surface area (Å²) in [4.78, 5) is 2.52. The zero-order chi connectivity index (χ0) is 17.9. The van der Waals surface area contributed by atoms with Gasteiger partial charge in [0.2, 0.25) is 0 Å². The molecule has 1 aliphatic heterocycles. The third kappa shape index (κ3) is 3.60. The molecule has 1 N–H and O–H groups in total. The smallest absolute Gasteiger partial charge is 0.0643 e. The van der Waals surface area contributed by atoms with Gasteiger partial charge in [-0.3, -0.25) is 4.90 Å². The minimum absolute atomic E-state index is 0.103. The van der Waals surface area contributed by atoms with Gasteiger partial charge >= 0.3 is 0 Å². The van der Waals surface area contributed by atoms with Crippen LogP contribution in [0, 0.1) is 0 Å². The summed E-state index contributed by atoms with van der Waals surface area (Å²) in [5.41, 5.74) is 2.34. The Balaban J connectivity index is 1.84. The van der Waals surface area contributed by atoms with E-state index in [1.807, 2.05) is 12.1 Å². The lowest BCUT2D eigenvalue weighted by Crippen LogP contribution is -2.33. The molecule has 0 bridgehead atoms. The van der Waals surface area contributed by atoms with Crippen LogP contribution in [0.5, 0.6) is 0 Å². The maximum absolute atomic E-state index is 6.64. The van der Waals surface area contributed by atoms with Gasteiger partial charge in [0.15, 0.2) is 0 Å². The molecule has 1 fully saturated rings. The van der Waals surface area contributed by atoms with E-state index in [1.165, 1.54) is 16.3 Å². The van der Waals surface area contributed by atoms with Crippen molar-refractivity contribution in [1.82, 2.24) is 10.2 Å². The molecule has 3 aromatic carbocycles. The zero-order valence-electron chi connectivity index (χ0n) is 14.6. The highest BCUT2D eigenvalue weighted by atomic mass is 35.5. The lowest BCUT2D eigenvalue weighted by molar-refractivity contribution is 0.241. The van der Waals surface area contributed by atoms with Gasteiger partial charge in [0, 0.05) is 19.6 Å². The molecule has 26 heavy (non-hydrogen) atoms. The average molecular weight is 385 g/mol. The molecule has 4 heteroatoms. The van der Waals surface area contributed by atoms with Gasteiger partial charge in [0.1, 0.15) is 0 Å². The van der Waals surface area contributed by atoms with Gasteiger partial charge < -0.3 is 5.32 Å². The Bertz CT molecular complexity index is 902. The molecule has 3 aromatic rings. The summed E-state index contributed by atoms with van der Waals surface area (Å²) in [6.07, 6.45) is 1.13. The average Bonchev–Trinajstić information content (AvgIpc) is 2.95. The van der Waals surface area contributed by atoms with Gasteiger partial charge in [0.05, 0.1) is 16.1 Å². The van der Waals surface area contributed by atoms with Gasteiger partial charge in [-0.15, -0.1) is 0 Å². The summed E-state index contributed by atoms with van der Waals surface area (Å²) >= 11 is 13.0. The van der Waals surface area contributed by atoms with Gasteiger partial charge in [-0.2, -0.15) is 0 Å². The maximum Gasteiger partial charge on any atom is 0.0643 e. The summed E-state index contributed by atoms with van der Waals surface area (Å²) in [6, 6.07) is 21.2. The molecular formula is C22H22Cl2N2. The molecule has 1 saturated heterocycles. The van der Waals surface area contributed by atoms with Crippen LogP contribution in [-0.2, 0) is 0 Å². The van der Waals surface area contributed by atoms with Crippen molar-refractivity contribution in [2.24, 2.45) is 0 Å². The number of benzene rings is 3. The Hall–Kier alpha value is -1.58. The molecule has 0 aromatic heterocycles. The Morgan fingerprint density at radius 2 is 1.69 bits per heavy atom. The molecule has 1 heterocycles. The fourth-order valence-electron chi connectivity index (χ4n) is 3.82. The predicted molar refractivity (Wildman–Crippen MR) is 111 cm³/mol. The normalized spacial score (nSPS) is 17.2. The summed E-state index contributed by atoms with van der Waals surface area (Å²) in [6.45, 7) is 4.07. The van der Waals surface area contributed by atoms with E-state index in [0.29, 0.717) is 10.0 Å². The minimum atomic E-state index is 0.103. The lowest BCUT2D eigenvalue weighted by Gasteiger charge is -2.32. The summed E-state index contributed by atoms with van der Waals surface area (Å²) in [7, 11) is 0. The van der Waals surface area contributed by atoms with E-state index in [1.54, 1.807) is 0 Å². The summed E-state index contributed by atoms with van der Waals surface area (Å²) in [5.74, 6) is 0. The topological polar surface area (TPSA) is 15.3 Å². The first-order chi connectivity index (χ1) is 12.7. The number of halogens is 2. The van der Waals surface area contributed by atoms with Crippen molar-refractivity contribution in [2.75, 3.05) is 26.2 Å². The Labute approximate surface area is 164 Å². The molecule has 0 spiro atoms. The van der Waals surface area contributed by atoms with E-state index < -0.39 is 0 Å².